The van der Waals surface area contributed by atoms with Crippen LogP contribution in [0.2, 0.25) is 0 Å². The van der Waals surface area contributed by atoms with Crippen molar-refractivity contribution in [2.45, 2.75) is 13.3 Å². The lowest BCUT2D eigenvalue weighted by Gasteiger charge is -2.13. The summed E-state index contributed by atoms with van der Waals surface area (Å²) in [6, 6.07) is 1.37. The van der Waals surface area contributed by atoms with Gasteiger partial charge in [-0.15, -0.1) is 13.2 Å². The van der Waals surface area contributed by atoms with Crippen LogP contribution in [0.5, 0.6) is 5.75 Å². The maximum absolute atomic E-state index is 12.2. The molecular formula is C9H7F3INO3. The molecule has 0 aromatic carbocycles. The van der Waals surface area contributed by atoms with Gasteiger partial charge in [0.1, 0.15) is 0 Å². The van der Waals surface area contributed by atoms with Crippen LogP contribution in [0.25, 0.3) is 0 Å². The third kappa shape index (κ3) is 3.72. The van der Waals surface area contributed by atoms with Crippen LogP contribution in [-0.4, -0.2) is 24.4 Å². The van der Waals surface area contributed by atoms with Gasteiger partial charge in [0.2, 0.25) is 0 Å². The lowest BCUT2D eigenvalue weighted by molar-refractivity contribution is -0.275. The zero-order valence-electron chi connectivity index (χ0n) is 8.76. The summed E-state index contributed by atoms with van der Waals surface area (Å²) in [4.78, 5) is 15.0. The third-order valence-electron chi connectivity index (χ3n) is 1.65. The van der Waals surface area contributed by atoms with Crippen LogP contribution >= 0.6 is 22.6 Å². The van der Waals surface area contributed by atoms with E-state index >= 15 is 0 Å². The Morgan fingerprint density at radius 2 is 2.06 bits per heavy atom. The van der Waals surface area contributed by atoms with Crippen molar-refractivity contribution < 1.29 is 27.4 Å². The Bertz CT molecular complexity index is 448. The van der Waals surface area contributed by atoms with Crippen molar-refractivity contribution in [2.24, 2.45) is 0 Å². The molecular weight excluding hydrogens is 354 g/mol. The molecule has 1 aromatic heterocycles. The SMILES string of the molecule is COC(=O)c1nc(C)cc(I)c1OC(F)(F)F. The van der Waals surface area contributed by atoms with E-state index in [4.69, 9.17) is 0 Å². The van der Waals surface area contributed by atoms with E-state index in [2.05, 4.69) is 14.5 Å². The minimum absolute atomic E-state index is 0.132. The molecule has 0 unspecified atom stereocenters. The number of carbonyl (C=O) groups excluding carboxylic acids is 1. The molecule has 1 rings (SSSR count). The molecule has 8 heteroatoms. The zero-order valence-corrected chi connectivity index (χ0v) is 10.9. The molecule has 0 atom stereocenters. The minimum Gasteiger partial charge on any atom is -0.464 e. The Balaban J connectivity index is 3.30. The van der Waals surface area contributed by atoms with Crippen LogP contribution in [0.4, 0.5) is 13.2 Å². The molecule has 0 bridgehead atoms. The fourth-order valence-electron chi connectivity index (χ4n) is 1.07. The highest BCUT2D eigenvalue weighted by atomic mass is 127. The molecule has 0 amide bonds. The predicted octanol–water partition coefficient (Wildman–Crippen LogP) is 2.68. The molecule has 0 aliphatic carbocycles. The van der Waals surface area contributed by atoms with Crippen molar-refractivity contribution in [1.29, 1.82) is 0 Å². The first-order valence-electron chi connectivity index (χ1n) is 4.26. The van der Waals surface area contributed by atoms with Crippen LogP contribution < -0.4 is 4.74 Å². The molecule has 1 heterocycles. The highest BCUT2D eigenvalue weighted by Crippen LogP contribution is 2.31. The maximum atomic E-state index is 12.2. The topological polar surface area (TPSA) is 48.4 Å². The fraction of sp³-hybridized carbons (Fsp3) is 0.333. The Morgan fingerprint density at radius 3 is 2.53 bits per heavy atom. The average molecular weight is 361 g/mol. The first-order valence-corrected chi connectivity index (χ1v) is 5.33. The number of halogens is 4. The van der Waals surface area contributed by atoms with Gasteiger partial charge in [-0.3, -0.25) is 0 Å². The van der Waals surface area contributed by atoms with E-state index in [1.807, 2.05) is 0 Å². The molecule has 0 radical (unpaired) electrons. The quantitative estimate of drug-likeness (QED) is 0.601. The summed E-state index contributed by atoms with van der Waals surface area (Å²) in [5.41, 5.74) is -0.0986. The van der Waals surface area contributed by atoms with Crippen LogP contribution in [0.15, 0.2) is 6.07 Å². The van der Waals surface area contributed by atoms with Gasteiger partial charge >= 0.3 is 12.3 Å². The second-order valence-electron chi connectivity index (χ2n) is 2.96. The summed E-state index contributed by atoms with van der Waals surface area (Å²) in [7, 11) is 1.05. The van der Waals surface area contributed by atoms with Gasteiger partial charge in [0.05, 0.1) is 10.7 Å². The summed E-state index contributed by atoms with van der Waals surface area (Å²) >= 11 is 1.63. The number of nitrogens with zero attached hydrogens (tertiary/aromatic N) is 1. The van der Waals surface area contributed by atoms with Gasteiger partial charge in [0, 0.05) is 5.69 Å². The van der Waals surface area contributed by atoms with Crippen LogP contribution in [0, 0.1) is 10.5 Å². The van der Waals surface area contributed by atoms with E-state index in [0.717, 1.165) is 7.11 Å². The van der Waals surface area contributed by atoms with Gasteiger partial charge in [-0.2, -0.15) is 0 Å². The standard InChI is InChI=1S/C9H7F3INO3/c1-4-3-5(13)7(17-9(10,11)12)6(14-4)8(15)16-2/h3H,1-2H3. The van der Waals surface area contributed by atoms with E-state index in [1.165, 1.54) is 6.07 Å². The van der Waals surface area contributed by atoms with E-state index in [-0.39, 0.29) is 3.57 Å². The monoisotopic (exact) mass is 361 g/mol. The number of hydrogen-bond acceptors (Lipinski definition) is 4. The van der Waals surface area contributed by atoms with Crippen molar-refractivity contribution in [3.8, 4) is 5.75 Å². The van der Waals surface area contributed by atoms with E-state index in [1.54, 1.807) is 29.5 Å². The summed E-state index contributed by atoms with van der Waals surface area (Å²) in [5, 5.41) is 0. The van der Waals surface area contributed by atoms with E-state index < -0.39 is 23.8 Å². The normalized spacial score (nSPS) is 11.2. The number of alkyl halides is 3. The molecule has 17 heavy (non-hydrogen) atoms. The Hall–Kier alpha value is -1.06. The van der Waals surface area contributed by atoms with E-state index in [9.17, 15) is 18.0 Å². The van der Waals surface area contributed by atoms with Gasteiger partial charge in [-0.1, -0.05) is 0 Å². The van der Waals surface area contributed by atoms with Crippen LogP contribution in [0.1, 0.15) is 16.2 Å². The molecule has 0 N–H and O–H groups in total. The van der Waals surface area contributed by atoms with Gasteiger partial charge in [0.25, 0.3) is 0 Å². The smallest absolute Gasteiger partial charge is 0.464 e. The summed E-state index contributed by atoms with van der Waals surface area (Å²) < 4.78 is 44.7. The van der Waals surface area contributed by atoms with Crippen molar-refractivity contribution >= 4 is 28.6 Å². The third-order valence-corrected chi connectivity index (χ3v) is 2.45. The number of aryl methyl sites for hydroxylation is 1. The molecule has 0 spiro atoms. The van der Waals surface area contributed by atoms with Gasteiger partial charge in [-0.05, 0) is 35.6 Å². The van der Waals surface area contributed by atoms with Crippen molar-refractivity contribution in [3.63, 3.8) is 0 Å². The van der Waals surface area contributed by atoms with Crippen molar-refractivity contribution in [3.05, 3.63) is 21.0 Å². The molecule has 94 valence electrons. The molecule has 0 fully saturated rings. The molecule has 0 aliphatic heterocycles. The van der Waals surface area contributed by atoms with Gasteiger partial charge < -0.3 is 9.47 Å². The summed E-state index contributed by atoms with van der Waals surface area (Å²) in [6.07, 6.45) is -4.89. The minimum atomic E-state index is -4.89. The Labute approximate surface area is 108 Å². The Kier molecular flexibility index (Phi) is 4.17. The number of rotatable bonds is 2. The van der Waals surface area contributed by atoms with Crippen molar-refractivity contribution in [2.75, 3.05) is 7.11 Å². The summed E-state index contributed by atoms with van der Waals surface area (Å²) in [6.45, 7) is 1.55. The van der Waals surface area contributed by atoms with Gasteiger partial charge in [0.15, 0.2) is 11.4 Å². The highest BCUT2D eigenvalue weighted by Gasteiger charge is 2.35. The number of aromatic nitrogens is 1. The van der Waals surface area contributed by atoms with E-state index in [0.29, 0.717) is 5.69 Å². The van der Waals surface area contributed by atoms with Gasteiger partial charge in [-0.25, -0.2) is 9.78 Å². The van der Waals surface area contributed by atoms with Crippen molar-refractivity contribution in [1.82, 2.24) is 4.98 Å². The molecule has 0 saturated carbocycles. The molecule has 4 nitrogen and oxygen atoms in total. The molecule has 1 aromatic rings. The zero-order chi connectivity index (χ0) is 13.2. The number of carbonyl (C=O) groups is 1. The number of methoxy groups -OCH3 is 1. The van der Waals surface area contributed by atoms with Crippen LogP contribution in [0.3, 0.4) is 0 Å². The Morgan fingerprint density at radius 1 is 1.47 bits per heavy atom. The predicted molar refractivity (Wildman–Crippen MR) is 59.7 cm³/mol. The van der Waals surface area contributed by atoms with Crippen LogP contribution in [-0.2, 0) is 4.74 Å². The average Bonchev–Trinajstić information content (AvgIpc) is 2.19. The number of pyridine rings is 1. The number of esters is 1. The number of hydrogen-bond donors (Lipinski definition) is 0. The largest absolute Gasteiger partial charge is 0.573 e. The maximum Gasteiger partial charge on any atom is 0.573 e. The second kappa shape index (κ2) is 5.07. The summed E-state index contributed by atoms with van der Waals surface area (Å²) in [5.74, 6) is -1.62. The fourth-order valence-corrected chi connectivity index (χ4v) is 1.89. The lowest BCUT2D eigenvalue weighted by Crippen LogP contribution is -2.21. The second-order valence-corrected chi connectivity index (χ2v) is 4.12. The lowest BCUT2D eigenvalue weighted by atomic mass is 10.3. The molecule has 0 aliphatic rings. The first kappa shape index (κ1) is 14.0. The first-order chi connectivity index (χ1) is 7.74. The highest BCUT2D eigenvalue weighted by molar-refractivity contribution is 14.1. The number of ether oxygens (including phenoxy) is 2. The molecule has 0 saturated heterocycles.